The van der Waals surface area contributed by atoms with Crippen LogP contribution in [-0.2, 0) is 0 Å². The highest BCUT2D eigenvalue weighted by molar-refractivity contribution is 7.98. The van der Waals surface area contributed by atoms with Crippen molar-refractivity contribution >= 4 is 35.0 Å². The fraction of sp³-hybridized carbons (Fsp3) is 0.462. The number of benzene rings is 1. The van der Waals surface area contributed by atoms with Gasteiger partial charge in [0, 0.05) is 12.6 Å². The lowest BCUT2D eigenvalue weighted by atomic mass is 10.2. The van der Waals surface area contributed by atoms with E-state index in [1.54, 1.807) is 11.8 Å². The van der Waals surface area contributed by atoms with Gasteiger partial charge >= 0.3 is 0 Å². The van der Waals surface area contributed by atoms with E-state index in [1.165, 1.54) is 18.2 Å². The SMILES string of the molecule is CSCCCCCNC(=O)c1cccc([N+](=O)[O-])c1Cl. The minimum Gasteiger partial charge on any atom is -0.352 e. The smallest absolute Gasteiger partial charge is 0.288 e. The van der Waals surface area contributed by atoms with E-state index in [9.17, 15) is 14.9 Å². The Hall–Kier alpha value is -1.27. The van der Waals surface area contributed by atoms with Crippen LogP contribution in [0, 0.1) is 10.1 Å². The number of nitro benzene ring substituents is 1. The highest BCUT2D eigenvalue weighted by atomic mass is 35.5. The van der Waals surface area contributed by atoms with E-state index in [1.807, 2.05) is 0 Å². The summed E-state index contributed by atoms with van der Waals surface area (Å²) in [6.07, 6.45) is 5.11. The monoisotopic (exact) mass is 316 g/mol. The third-order valence-corrected chi connectivity index (χ3v) is 3.82. The molecule has 7 heteroatoms. The second kappa shape index (κ2) is 8.81. The molecule has 1 N–H and O–H groups in total. The summed E-state index contributed by atoms with van der Waals surface area (Å²) >= 11 is 7.68. The van der Waals surface area contributed by atoms with Crippen LogP contribution in [-0.4, -0.2) is 29.4 Å². The normalized spacial score (nSPS) is 10.3. The van der Waals surface area contributed by atoms with Crippen LogP contribution in [0.1, 0.15) is 29.6 Å². The van der Waals surface area contributed by atoms with Gasteiger partial charge in [0.05, 0.1) is 10.5 Å². The molecule has 0 atom stereocenters. The molecular weight excluding hydrogens is 300 g/mol. The molecule has 0 bridgehead atoms. The van der Waals surface area contributed by atoms with Gasteiger partial charge in [-0.3, -0.25) is 14.9 Å². The molecule has 0 unspecified atom stereocenters. The zero-order chi connectivity index (χ0) is 15.0. The van der Waals surface area contributed by atoms with Crippen LogP contribution in [0.5, 0.6) is 0 Å². The van der Waals surface area contributed by atoms with Crippen LogP contribution in [0.2, 0.25) is 5.02 Å². The quantitative estimate of drug-likeness (QED) is 0.452. The van der Waals surface area contributed by atoms with E-state index in [0.717, 1.165) is 25.0 Å². The van der Waals surface area contributed by atoms with Crippen molar-refractivity contribution in [2.24, 2.45) is 0 Å². The molecule has 20 heavy (non-hydrogen) atoms. The summed E-state index contributed by atoms with van der Waals surface area (Å²) in [6, 6.07) is 4.22. The molecule has 0 saturated carbocycles. The number of carbonyl (C=O) groups is 1. The van der Waals surface area contributed by atoms with E-state index in [0.29, 0.717) is 6.54 Å². The van der Waals surface area contributed by atoms with Gasteiger partial charge in [-0.1, -0.05) is 24.1 Å². The standard InChI is InChI=1S/C13H17ClN2O3S/c1-20-9-4-2-3-8-15-13(17)10-6-5-7-11(12(10)14)16(18)19/h5-7H,2-4,8-9H2,1H3,(H,15,17). The van der Waals surface area contributed by atoms with Crippen LogP contribution in [0.3, 0.4) is 0 Å². The van der Waals surface area contributed by atoms with Gasteiger partial charge < -0.3 is 5.32 Å². The van der Waals surface area contributed by atoms with E-state index >= 15 is 0 Å². The van der Waals surface area contributed by atoms with Crippen molar-refractivity contribution in [1.82, 2.24) is 5.32 Å². The molecule has 0 aromatic heterocycles. The Morgan fingerprint density at radius 2 is 2.15 bits per heavy atom. The Balaban J connectivity index is 2.52. The molecule has 0 saturated heterocycles. The van der Waals surface area contributed by atoms with E-state index in [4.69, 9.17) is 11.6 Å². The minimum absolute atomic E-state index is 0.114. The van der Waals surface area contributed by atoms with Gasteiger partial charge in [-0.2, -0.15) is 11.8 Å². The van der Waals surface area contributed by atoms with Crippen LogP contribution >= 0.6 is 23.4 Å². The topological polar surface area (TPSA) is 72.2 Å². The fourth-order valence-electron chi connectivity index (χ4n) is 1.68. The predicted octanol–water partition coefficient (Wildman–Crippen LogP) is 3.51. The molecule has 1 aromatic rings. The highest BCUT2D eigenvalue weighted by Gasteiger charge is 2.19. The maximum absolute atomic E-state index is 11.9. The van der Waals surface area contributed by atoms with Crippen molar-refractivity contribution in [3.63, 3.8) is 0 Å². The van der Waals surface area contributed by atoms with Gasteiger partial charge in [0.25, 0.3) is 11.6 Å². The first kappa shape index (κ1) is 16.8. The summed E-state index contributed by atoms with van der Waals surface area (Å²) in [5.41, 5.74) is -0.107. The Bertz CT molecular complexity index is 483. The zero-order valence-electron chi connectivity index (χ0n) is 11.2. The van der Waals surface area contributed by atoms with Crippen molar-refractivity contribution in [2.75, 3.05) is 18.6 Å². The van der Waals surface area contributed by atoms with Crippen molar-refractivity contribution < 1.29 is 9.72 Å². The maximum atomic E-state index is 11.9. The van der Waals surface area contributed by atoms with Gasteiger partial charge in [0.15, 0.2) is 0 Å². The second-order valence-corrected chi connectivity index (χ2v) is 5.57. The number of thioether (sulfide) groups is 1. The molecule has 1 amide bonds. The first-order valence-corrected chi connectivity index (χ1v) is 8.05. The van der Waals surface area contributed by atoms with Gasteiger partial charge in [-0.15, -0.1) is 0 Å². The molecule has 110 valence electrons. The first-order chi connectivity index (χ1) is 9.57. The lowest BCUT2D eigenvalue weighted by Gasteiger charge is -2.06. The molecule has 0 fully saturated rings. The molecule has 1 aromatic carbocycles. The number of hydrogen-bond donors (Lipinski definition) is 1. The Labute approximate surface area is 127 Å². The van der Waals surface area contributed by atoms with Crippen molar-refractivity contribution in [3.8, 4) is 0 Å². The second-order valence-electron chi connectivity index (χ2n) is 4.21. The molecule has 5 nitrogen and oxygen atoms in total. The predicted molar refractivity (Wildman–Crippen MR) is 82.7 cm³/mol. The Morgan fingerprint density at radius 1 is 1.40 bits per heavy atom. The average Bonchev–Trinajstić information content (AvgIpc) is 2.42. The Morgan fingerprint density at radius 3 is 2.80 bits per heavy atom. The van der Waals surface area contributed by atoms with Crippen LogP contribution < -0.4 is 5.32 Å². The van der Waals surface area contributed by atoms with Crippen LogP contribution in [0.15, 0.2) is 18.2 Å². The van der Waals surface area contributed by atoms with Crippen molar-refractivity contribution in [3.05, 3.63) is 38.9 Å². The number of rotatable bonds is 8. The molecule has 0 heterocycles. The molecule has 0 spiro atoms. The number of nitrogens with zero attached hydrogens (tertiary/aromatic N) is 1. The van der Waals surface area contributed by atoms with Crippen molar-refractivity contribution in [2.45, 2.75) is 19.3 Å². The average molecular weight is 317 g/mol. The molecule has 0 radical (unpaired) electrons. The number of hydrogen-bond acceptors (Lipinski definition) is 4. The number of carbonyl (C=O) groups excluding carboxylic acids is 1. The summed E-state index contributed by atoms with van der Waals surface area (Å²) in [5.74, 6) is 0.744. The lowest BCUT2D eigenvalue weighted by Crippen LogP contribution is -2.24. The van der Waals surface area contributed by atoms with E-state index in [2.05, 4.69) is 11.6 Å². The summed E-state index contributed by atoms with van der Waals surface area (Å²) in [5, 5.41) is 13.4. The number of amides is 1. The van der Waals surface area contributed by atoms with Crippen LogP contribution in [0.25, 0.3) is 0 Å². The van der Waals surface area contributed by atoms with Gasteiger partial charge in [0.1, 0.15) is 5.02 Å². The summed E-state index contributed by atoms with van der Waals surface area (Å²) in [7, 11) is 0. The number of unbranched alkanes of at least 4 members (excludes halogenated alkanes) is 2. The van der Waals surface area contributed by atoms with Gasteiger partial charge in [-0.25, -0.2) is 0 Å². The summed E-state index contributed by atoms with van der Waals surface area (Å²) < 4.78 is 0. The number of nitrogens with one attached hydrogen (secondary N) is 1. The fourth-order valence-corrected chi connectivity index (χ4v) is 2.46. The zero-order valence-corrected chi connectivity index (χ0v) is 12.8. The van der Waals surface area contributed by atoms with Crippen LogP contribution in [0.4, 0.5) is 5.69 Å². The first-order valence-electron chi connectivity index (χ1n) is 6.28. The molecule has 0 aliphatic carbocycles. The molecule has 0 aliphatic rings. The van der Waals surface area contributed by atoms with Crippen molar-refractivity contribution in [1.29, 1.82) is 0 Å². The third kappa shape index (κ3) is 5.02. The molecule has 1 rings (SSSR count). The maximum Gasteiger partial charge on any atom is 0.288 e. The third-order valence-electron chi connectivity index (χ3n) is 2.73. The Kier molecular flexibility index (Phi) is 7.40. The van der Waals surface area contributed by atoms with Gasteiger partial charge in [0.2, 0.25) is 0 Å². The summed E-state index contributed by atoms with van der Waals surface area (Å²) in [6.45, 7) is 0.548. The van der Waals surface area contributed by atoms with E-state index in [-0.39, 0.29) is 22.2 Å². The largest absolute Gasteiger partial charge is 0.352 e. The number of nitro groups is 1. The van der Waals surface area contributed by atoms with Gasteiger partial charge in [-0.05, 0) is 30.9 Å². The van der Waals surface area contributed by atoms with E-state index < -0.39 is 4.92 Å². The number of halogens is 1. The molecular formula is C13H17ClN2O3S. The highest BCUT2D eigenvalue weighted by Crippen LogP contribution is 2.27. The minimum atomic E-state index is -0.596. The molecule has 0 aliphatic heterocycles. The summed E-state index contributed by atoms with van der Waals surface area (Å²) in [4.78, 5) is 22.1. The lowest BCUT2D eigenvalue weighted by molar-refractivity contribution is -0.384.